The fourth-order valence-electron chi connectivity index (χ4n) is 3.70. The average Bonchev–Trinajstić information content (AvgIpc) is 2.76. The van der Waals surface area contributed by atoms with E-state index in [0.717, 1.165) is 5.56 Å². The summed E-state index contributed by atoms with van der Waals surface area (Å²) in [7, 11) is 0. The summed E-state index contributed by atoms with van der Waals surface area (Å²) in [5, 5.41) is 15.6. The molecule has 0 unspecified atom stereocenters. The predicted molar refractivity (Wildman–Crippen MR) is 112 cm³/mol. The van der Waals surface area contributed by atoms with E-state index in [1.165, 1.54) is 0 Å². The van der Waals surface area contributed by atoms with Crippen LogP contribution in [0.4, 0.5) is 0 Å². The zero-order chi connectivity index (χ0) is 21.3. The number of aliphatic hydroxyl groups is 1. The molecule has 30 heavy (non-hydrogen) atoms. The first-order valence-corrected chi connectivity index (χ1v) is 10.3. The number of pyridine rings is 1. The highest BCUT2D eigenvalue weighted by molar-refractivity contribution is 5.78. The van der Waals surface area contributed by atoms with Crippen molar-refractivity contribution in [2.75, 3.05) is 6.61 Å². The van der Waals surface area contributed by atoms with Gasteiger partial charge < -0.3 is 20.5 Å². The highest BCUT2D eigenvalue weighted by Gasteiger charge is 2.33. The van der Waals surface area contributed by atoms with Gasteiger partial charge in [-0.15, -0.1) is 0 Å². The minimum Gasteiger partial charge on any atom is -0.394 e. The third kappa shape index (κ3) is 6.37. The molecule has 0 bridgehead atoms. The molecule has 2 aromatic rings. The van der Waals surface area contributed by atoms with Gasteiger partial charge in [-0.2, -0.15) is 0 Å². The summed E-state index contributed by atoms with van der Waals surface area (Å²) in [6, 6.07) is 14.8. The minimum atomic E-state index is -0.532. The van der Waals surface area contributed by atoms with Gasteiger partial charge in [-0.05, 0) is 37.5 Å². The average molecular weight is 412 g/mol. The Labute approximate surface area is 176 Å². The topological polar surface area (TPSA) is 101 Å². The van der Waals surface area contributed by atoms with Crippen LogP contribution in [0.25, 0.3) is 0 Å². The van der Waals surface area contributed by atoms with Crippen LogP contribution in [0.5, 0.6) is 0 Å². The number of amides is 2. The number of nitrogens with one attached hydrogen (secondary N) is 2. The molecule has 3 N–H and O–H groups in total. The summed E-state index contributed by atoms with van der Waals surface area (Å²) >= 11 is 0. The standard InChI is InChI=1S/C23H29N3O4/c1-16(17-7-3-2-4-8-17)25-23(29)14-19-10-11-20(21(15-27)30-19)26-22(28)13-18-9-5-6-12-24-18/h2-9,12,16,19-21,27H,10-11,13-15H2,1H3,(H,25,29)(H,26,28)/t16-,19+,20-,21+/m0/s1. The molecule has 1 aliphatic rings. The molecule has 2 amide bonds. The van der Waals surface area contributed by atoms with E-state index in [9.17, 15) is 14.7 Å². The van der Waals surface area contributed by atoms with E-state index in [0.29, 0.717) is 18.5 Å². The van der Waals surface area contributed by atoms with Crippen LogP contribution in [0.1, 0.15) is 43.5 Å². The maximum Gasteiger partial charge on any atom is 0.226 e. The number of nitrogens with zero attached hydrogens (tertiary/aromatic N) is 1. The monoisotopic (exact) mass is 411 g/mol. The van der Waals surface area contributed by atoms with Gasteiger partial charge in [-0.25, -0.2) is 0 Å². The zero-order valence-corrected chi connectivity index (χ0v) is 17.2. The maximum absolute atomic E-state index is 12.4. The lowest BCUT2D eigenvalue weighted by atomic mass is 9.96. The second-order valence-electron chi connectivity index (χ2n) is 7.63. The normalized spacial score (nSPS) is 22.1. The van der Waals surface area contributed by atoms with Crippen LogP contribution in [-0.2, 0) is 20.7 Å². The molecule has 4 atom stereocenters. The third-order valence-corrected chi connectivity index (χ3v) is 5.30. The molecule has 1 aliphatic heterocycles. The first kappa shape index (κ1) is 21.9. The van der Waals surface area contributed by atoms with Crippen molar-refractivity contribution >= 4 is 11.8 Å². The largest absolute Gasteiger partial charge is 0.394 e. The van der Waals surface area contributed by atoms with Gasteiger partial charge in [-0.1, -0.05) is 36.4 Å². The quantitative estimate of drug-likeness (QED) is 0.616. The molecule has 0 saturated carbocycles. The summed E-state index contributed by atoms with van der Waals surface area (Å²) in [6.07, 6.45) is 2.52. The Morgan fingerprint density at radius 2 is 1.90 bits per heavy atom. The molecule has 7 heteroatoms. The van der Waals surface area contributed by atoms with Gasteiger partial charge in [0.25, 0.3) is 0 Å². The van der Waals surface area contributed by atoms with Crippen molar-refractivity contribution in [1.82, 2.24) is 15.6 Å². The van der Waals surface area contributed by atoms with Crippen molar-refractivity contribution in [2.45, 2.75) is 56.9 Å². The number of carbonyl (C=O) groups is 2. The van der Waals surface area contributed by atoms with E-state index in [2.05, 4.69) is 15.6 Å². The van der Waals surface area contributed by atoms with Gasteiger partial charge in [0.1, 0.15) is 6.10 Å². The number of aromatic nitrogens is 1. The fraction of sp³-hybridized carbons (Fsp3) is 0.435. The molecule has 1 saturated heterocycles. The van der Waals surface area contributed by atoms with Gasteiger partial charge in [0.2, 0.25) is 11.8 Å². The number of carbonyl (C=O) groups excluding carboxylic acids is 2. The summed E-state index contributed by atoms with van der Waals surface area (Å²) in [4.78, 5) is 28.9. The SMILES string of the molecule is C[C@H](NC(=O)C[C@H]1CC[C@H](NC(=O)Cc2ccccn2)[C@@H](CO)O1)c1ccccc1. The van der Waals surface area contributed by atoms with Crippen molar-refractivity contribution in [2.24, 2.45) is 0 Å². The summed E-state index contributed by atoms with van der Waals surface area (Å²) < 4.78 is 5.92. The molecule has 160 valence electrons. The van der Waals surface area contributed by atoms with Crippen LogP contribution in [0.2, 0.25) is 0 Å². The number of aliphatic hydroxyl groups excluding tert-OH is 1. The lowest BCUT2D eigenvalue weighted by molar-refractivity contribution is -0.136. The van der Waals surface area contributed by atoms with E-state index < -0.39 is 6.10 Å². The van der Waals surface area contributed by atoms with Crippen molar-refractivity contribution in [3.05, 3.63) is 66.0 Å². The van der Waals surface area contributed by atoms with E-state index in [4.69, 9.17) is 4.74 Å². The number of rotatable bonds is 8. The summed E-state index contributed by atoms with van der Waals surface area (Å²) in [5.41, 5.74) is 1.73. The van der Waals surface area contributed by atoms with E-state index in [1.807, 2.05) is 43.3 Å². The van der Waals surface area contributed by atoms with E-state index in [1.54, 1.807) is 18.3 Å². The Morgan fingerprint density at radius 3 is 2.60 bits per heavy atom. The van der Waals surface area contributed by atoms with E-state index >= 15 is 0 Å². The number of benzene rings is 1. The molecule has 0 spiro atoms. The molecule has 1 aromatic heterocycles. The Balaban J connectivity index is 1.46. The lowest BCUT2D eigenvalue weighted by Gasteiger charge is -2.36. The highest BCUT2D eigenvalue weighted by Crippen LogP contribution is 2.22. The zero-order valence-electron chi connectivity index (χ0n) is 17.2. The van der Waals surface area contributed by atoms with Crippen LogP contribution in [0, 0.1) is 0 Å². The number of ether oxygens (including phenoxy) is 1. The van der Waals surface area contributed by atoms with Crippen molar-refractivity contribution < 1.29 is 19.4 Å². The van der Waals surface area contributed by atoms with E-state index in [-0.39, 0.29) is 49.5 Å². The van der Waals surface area contributed by atoms with Gasteiger partial charge in [0.15, 0.2) is 0 Å². The van der Waals surface area contributed by atoms with Crippen LogP contribution < -0.4 is 10.6 Å². The molecular weight excluding hydrogens is 382 g/mol. The third-order valence-electron chi connectivity index (χ3n) is 5.30. The summed E-state index contributed by atoms with van der Waals surface area (Å²) in [5.74, 6) is -0.251. The van der Waals surface area contributed by atoms with Crippen molar-refractivity contribution in [3.63, 3.8) is 0 Å². The van der Waals surface area contributed by atoms with Crippen LogP contribution in [0.15, 0.2) is 54.7 Å². The van der Waals surface area contributed by atoms with Crippen LogP contribution in [-0.4, -0.2) is 46.8 Å². The molecule has 7 nitrogen and oxygen atoms in total. The highest BCUT2D eigenvalue weighted by atomic mass is 16.5. The van der Waals surface area contributed by atoms with Gasteiger partial charge in [0, 0.05) is 11.9 Å². The molecular formula is C23H29N3O4. The van der Waals surface area contributed by atoms with Crippen LogP contribution >= 0.6 is 0 Å². The molecule has 1 fully saturated rings. The second-order valence-corrected chi connectivity index (χ2v) is 7.63. The maximum atomic E-state index is 12.4. The minimum absolute atomic E-state index is 0.0884. The fourth-order valence-corrected chi connectivity index (χ4v) is 3.70. The van der Waals surface area contributed by atoms with Crippen molar-refractivity contribution in [3.8, 4) is 0 Å². The molecule has 2 heterocycles. The van der Waals surface area contributed by atoms with Gasteiger partial charge in [-0.3, -0.25) is 14.6 Å². The summed E-state index contributed by atoms with van der Waals surface area (Å²) in [6.45, 7) is 1.73. The Bertz CT molecular complexity index is 816. The molecule has 3 rings (SSSR count). The smallest absolute Gasteiger partial charge is 0.226 e. The molecule has 0 radical (unpaired) electrons. The molecule has 1 aromatic carbocycles. The molecule has 0 aliphatic carbocycles. The van der Waals surface area contributed by atoms with Crippen molar-refractivity contribution in [1.29, 1.82) is 0 Å². The predicted octanol–water partition coefficient (Wildman–Crippen LogP) is 1.92. The lowest BCUT2D eigenvalue weighted by Crippen LogP contribution is -2.51. The van der Waals surface area contributed by atoms with Crippen LogP contribution in [0.3, 0.4) is 0 Å². The Morgan fingerprint density at radius 1 is 1.13 bits per heavy atom. The Hall–Kier alpha value is -2.77. The number of hydrogen-bond donors (Lipinski definition) is 3. The van der Waals surface area contributed by atoms with Gasteiger partial charge in [0.05, 0.1) is 37.6 Å². The van der Waals surface area contributed by atoms with Gasteiger partial charge >= 0.3 is 0 Å². The Kier molecular flexibility index (Phi) is 7.93. The second kappa shape index (κ2) is 10.8. The first-order valence-electron chi connectivity index (χ1n) is 10.3. The number of hydrogen-bond acceptors (Lipinski definition) is 5. The first-order chi connectivity index (χ1) is 14.5.